The zero-order valence-corrected chi connectivity index (χ0v) is 10.2. The quantitative estimate of drug-likeness (QED) is 0.793. The molecule has 1 aliphatic heterocycles. The molecule has 1 unspecified atom stereocenters. The molecule has 1 aromatic rings. The number of carbonyl (C=O) groups excluding carboxylic acids is 2. The van der Waals surface area contributed by atoms with E-state index < -0.39 is 0 Å². The van der Waals surface area contributed by atoms with Crippen molar-refractivity contribution < 1.29 is 9.59 Å². The molecule has 5 nitrogen and oxygen atoms in total. The van der Waals surface area contributed by atoms with Crippen LogP contribution in [0.4, 0.5) is 0 Å². The number of carbonyl (C=O) groups is 2. The molecule has 1 aromatic heterocycles. The molecule has 0 saturated carbocycles. The summed E-state index contributed by atoms with van der Waals surface area (Å²) in [6.07, 6.45) is 3.80. The SMILES string of the molecule is Cc1[nH]ncc1CCCN1C(=O)CC(C)C1=O. The minimum atomic E-state index is -0.141. The van der Waals surface area contributed by atoms with Crippen molar-refractivity contribution in [3.05, 3.63) is 17.5 Å². The topological polar surface area (TPSA) is 66.1 Å². The first kappa shape index (κ1) is 11.8. The monoisotopic (exact) mass is 235 g/mol. The maximum Gasteiger partial charge on any atom is 0.232 e. The van der Waals surface area contributed by atoms with E-state index in [0.717, 1.165) is 24.1 Å². The standard InChI is InChI=1S/C12H17N3O2/c1-8-6-11(16)15(12(8)17)5-3-4-10-7-13-14-9(10)2/h7-8H,3-6H2,1-2H3,(H,13,14). The average molecular weight is 235 g/mol. The van der Waals surface area contributed by atoms with E-state index in [0.29, 0.717) is 13.0 Å². The van der Waals surface area contributed by atoms with Gasteiger partial charge in [0.25, 0.3) is 0 Å². The zero-order valence-electron chi connectivity index (χ0n) is 10.2. The summed E-state index contributed by atoms with van der Waals surface area (Å²) in [6.45, 7) is 4.30. The van der Waals surface area contributed by atoms with Crippen LogP contribution in [0.2, 0.25) is 0 Å². The van der Waals surface area contributed by atoms with Crippen LogP contribution >= 0.6 is 0 Å². The fraction of sp³-hybridized carbons (Fsp3) is 0.583. The molecule has 2 amide bonds. The molecule has 1 saturated heterocycles. The van der Waals surface area contributed by atoms with Crippen LogP contribution in [0.5, 0.6) is 0 Å². The number of nitrogens with zero attached hydrogens (tertiary/aromatic N) is 2. The summed E-state index contributed by atoms with van der Waals surface area (Å²) < 4.78 is 0. The summed E-state index contributed by atoms with van der Waals surface area (Å²) in [6, 6.07) is 0. The Hall–Kier alpha value is -1.65. The second-order valence-corrected chi connectivity index (χ2v) is 4.61. The number of H-pyrrole nitrogens is 1. The number of aryl methyl sites for hydroxylation is 2. The maximum atomic E-state index is 11.7. The number of amides is 2. The van der Waals surface area contributed by atoms with Crippen LogP contribution in [0, 0.1) is 12.8 Å². The molecular formula is C12H17N3O2. The minimum absolute atomic E-state index is 0.0288. The first-order valence-electron chi connectivity index (χ1n) is 5.92. The molecular weight excluding hydrogens is 218 g/mol. The van der Waals surface area contributed by atoms with E-state index in [1.165, 1.54) is 4.90 Å². The third-order valence-corrected chi connectivity index (χ3v) is 3.23. The fourth-order valence-electron chi connectivity index (χ4n) is 2.14. The number of imide groups is 1. The molecule has 92 valence electrons. The molecule has 2 rings (SSSR count). The van der Waals surface area contributed by atoms with E-state index in [1.54, 1.807) is 13.1 Å². The first-order valence-corrected chi connectivity index (χ1v) is 5.92. The summed E-state index contributed by atoms with van der Waals surface area (Å²) in [5.74, 6) is -0.205. The third kappa shape index (κ3) is 2.38. The molecule has 1 N–H and O–H groups in total. The van der Waals surface area contributed by atoms with E-state index in [1.807, 2.05) is 6.92 Å². The summed E-state index contributed by atoms with van der Waals surface area (Å²) in [7, 11) is 0. The van der Waals surface area contributed by atoms with Gasteiger partial charge >= 0.3 is 0 Å². The molecule has 0 bridgehead atoms. The van der Waals surface area contributed by atoms with Crippen LogP contribution in [0.25, 0.3) is 0 Å². The number of likely N-dealkylation sites (tertiary alicyclic amines) is 1. The molecule has 17 heavy (non-hydrogen) atoms. The summed E-state index contributed by atoms with van der Waals surface area (Å²) in [5, 5.41) is 6.82. The number of hydrogen-bond donors (Lipinski definition) is 1. The van der Waals surface area contributed by atoms with Gasteiger partial charge in [0.05, 0.1) is 6.20 Å². The van der Waals surface area contributed by atoms with E-state index >= 15 is 0 Å². The van der Waals surface area contributed by atoms with Crippen LogP contribution < -0.4 is 0 Å². The van der Waals surface area contributed by atoms with Crippen molar-refractivity contribution in [3.8, 4) is 0 Å². The molecule has 0 aromatic carbocycles. The molecule has 1 fully saturated rings. The lowest BCUT2D eigenvalue weighted by molar-refractivity contribution is -0.139. The van der Waals surface area contributed by atoms with Gasteiger partial charge in [-0.25, -0.2) is 0 Å². The van der Waals surface area contributed by atoms with Crippen LogP contribution in [0.3, 0.4) is 0 Å². The summed E-state index contributed by atoms with van der Waals surface area (Å²) in [5.41, 5.74) is 2.20. The summed E-state index contributed by atoms with van der Waals surface area (Å²) >= 11 is 0. The second kappa shape index (κ2) is 4.69. The highest BCUT2D eigenvalue weighted by Gasteiger charge is 2.34. The predicted octanol–water partition coefficient (Wildman–Crippen LogP) is 1.05. The van der Waals surface area contributed by atoms with Crippen LogP contribution in [-0.2, 0) is 16.0 Å². The Morgan fingerprint density at radius 3 is 2.82 bits per heavy atom. The lowest BCUT2D eigenvalue weighted by atomic mass is 10.1. The van der Waals surface area contributed by atoms with E-state index in [9.17, 15) is 9.59 Å². The van der Waals surface area contributed by atoms with Gasteiger partial charge in [0.1, 0.15) is 0 Å². The van der Waals surface area contributed by atoms with Crippen LogP contribution in [-0.4, -0.2) is 33.5 Å². The number of aromatic nitrogens is 2. The van der Waals surface area contributed by atoms with Crippen LogP contribution in [0.15, 0.2) is 6.20 Å². The van der Waals surface area contributed by atoms with Gasteiger partial charge in [-0.2, -0.15) is 5.10 Å². The van der Waals surface area contributed by atoms with E-state index in [-0.39, 0.29) is 17.7 Å². The molecule has 0 aliphatic carbocycles. The smallest absolute Gasteiger partial charge is 0.232 e. The molecule has 0 radical (unpaired) electrons. The highest BCUT2D eigenvalue weighted by atomic mass is 16.2. The van der Waals surface area contributed by atoms with Gasteiger partial charge in [-0.1, -0.05) is 6.92 Å². The zero-order chi connectivity index (χ0) is 12.4. The van der Waals surface area contributed by atoms with E-state index in [4.69, 9.17) is 0 Å². The Labute approximate surface area is 100 Å². The van der Waals surface area contributed by atoms with E-state index in [2.05, 4.69) is 10.2 Å². The minimum Gasteiger partial charge on any atom is -0.283 e. The normalized spacial score (nSPS) is 20.4. The lowest BCUT2D eigenvalue weighted by Gasteiger charge is -2.13. The van der Waals surface area contributed by atoms with Crippen molar-refractivity contribution in [2.75, 3.05) is 6.54 Å². The molecule has 2 heterocycles. The number of aromatic amines is 1. The number of hydrogen-bond acceptors (Lipinski definition) is 3. The van der Waals surface area contributed by atoms with Gasteiger partial charge < -0.3 is 0 Å². The van der Waals surface area contributed by atoms with Gasteiger partial charge in [-0.15, -0.1) is 0 Å². The van der Waals surface area contributed by atoms with Gasteiger partial charge in [0.2, 0.25) is 11.8 Å². The number of nitrogens with one attached hydrogen (secondary N) is 1. The largest absolute Gasteiger partial charge is 0.283 e. The Morgan fingerprint density at radius 2 is 2.29 bits per heavy atom. The highest BCUT2D eigenvalue weighted by molar-refractivity contribution is 6.03. The highest BCUT2D eigenvalue weighted by Crippen LogP contribution is 2.19. The van der Waals surface area contributed by atoms with Crippen molar-refractivity contribution in [3.63, 3.8) is 0 Å². The maximum absolute atomic E-state index is 11.7. The molecule has 5 heteroatoms. The van der Waals surface area contributed by atoms with Gasteiger partial charge in [-0.3, -0.25) is 19.6 Å². The Morgan fingerprint density at radius 1 is 1.53 bits per heavy atom. The first-order chi connectivity index (χ1) is 8.09. The molecule has 1 atom stereocenters. The van der Waals surface area contributed by atoms with Crippen molar-refractivity contribution in [2.45, 2.75) is 33.1 Å². The van der Waals surface area contributed by atoms with Crippen molar-refractivity contribution >= 4 is 11.8 Å². The predicted molar refractivity (Wildman–Crippen MR) is 62.1 cm³/mol. The Balaban J connectivity index is 1.85. The van der Waals surface area contributed by atoms with Crippen molar-refractivity contribution in [1.29, 1.82) is 0 Å². The van der Waals surface area contributed by atoms with Crippen LogP contribution in [0.1, 0.15) is 31.0 Å². The van der Waals surface area contributed by atoms with Crippen molar-refractivity contribution in [1.82, 2.24) is 15.1 Å². The number of rotatable bonds is 4. The average Bonchev–Trinajstić information content (AvgIpc) is 2.78. The third-order valence-electron chi connectivity index (χ3n) is 3.23. The summed E-state index contributed by atoms with van der Waals surface area (Å²) in [4.78, 5) is 24.6. The fourth-order valence-corrected chi connectivity index (χ4v) is 2.14. The molecule has 0 spiro atoms. The Bertz CT molecular complexity index is 439. The van der Waals surface area contributed by atoms with Gasteiger partial charge in [0.15, 0.2) is 0 Å². The van der Waals surface area contributed by atoms with Gasteiger partial charge in [-0.05, 0) is 25.3 Å². The Kier molecular flexibility index (Phi) is 3.26. The van der Waals surface area contributed by atoms with Gasteiger partial charge in [0, 0.05) is 24.6 Å². The second-order valence-electron chi connectivity index (χ2n) is 4.61. The molecule has 1 aliphatic rings. The van der Waals surface area contributed by atoms with Crippen molar-refractivity contribution in [2.24, 2.45) is 5.92 Å². The lowest BCUT2D eigenvalue weighted by Crippen LogP contribution is -2.31.